The SMILES string of the molecule is CC(CN1I=Nc2c1nc(N)[nH]c2=O)OCP(=O)(O)NCCCNCCCCNCCCN. The number of unbranched alkanes of at least 4 members (excludes halogenated alkanes) is 1. The predicted molar refractivity (Wildman–Crippen MR) is 139 cm³/mol. The van der Waals surface area contributed by atoms with E-state index in [1.54, 1.807) is 6.92 Å². The number of halogens is 1. The van der Waals surface area contributed by atoms with E-state index < -0.39 is 28.8 Å². The van der Waals surface area contributed by atoms with Gasteiger partial charge in [0.1, 0.15) is 27.7 Å². The number of nitrogens with two attached hydrogens (primary N) is 2. The molecule has 1 aromatic rings. The summed E-state index contributed by atoms with van der Waals surface area (Å²) in [4.78, 5) is 28.6. The predicted octanol–water partition coefficient (Wildman–Crippen LogP) is 0.709. The summed E-state index contributed by atoms with van der Waals surface area (Å²) in [7, 11) is -3.59. The van der Waals surface area contributed by atoms with Crippen molar-refractivity contribution in [2.24, 2.45) is 8.88 Å². The van der Waals surface area contributed by atoms with Crippen LogP contribution >= 0.6 is 28.8 Å². The van der Waals surface area contributed by atoms with Crippen LogP contribution in [-0.4, -0.2) is 73.1 Å². The fraction of sp³-hybridized carbons (Fsp3) is 0.778. The molecule has 15 heteroatoms. The number of nitrogen functional groups attached to an aromatic ring is 1. The van der Waals surface area contributed by atoms with E-state index in [4.69, 9.17) is 16.2 Å². The van der Waals surface area contributed by atoms with E-state index in [1.807, 2.05) is 3.11 Å². The van der Waals surface area contributed by atoms with E-state index in [2.05, 4.69) is 28.8 Å². The summed E-state index contributed by atoms with van der Waals surface area (Å²) in [6, 6.07) is 0. The topological polar surface area (TPSA) is 196 Å². The molecule has 13 nitrogen and oxygen atoms in total. The molecule has 0 fully saturated rings. The molecule has 0 aromatic carbocycles. The lowest BCUT2D eigenvalue weighted by Gasteiger charge is -2.21. The van der Waals surface area contributed by atoms with Crippen LogP contribution in [0.1, 0.15) is 32.6 Å². The quantitative estimate of drug-likeness (QED) is 0.0542. The number of rotatable bonds is 18. The highest BCUT2D eigenvalue weighted by Gasteiger charge is 2.25. The third kappa shape index (κ3) is 10.9. The van der Waals surface area contributed by atoms with Crippen LogP contribution in [0.2, 0.25) is 0 Å². The summed E-state index contributed by atoms with van der Waals surface area (Å²) >= 11 is -0.803. The van der Waals surface area contributed by atoms with Crippen molar-refractivity contribution in [3.05, 3.63) is 10.4 Å². The first-order chi connectivity index (χ1) is 15.8. The fourth-order valence-corrected chi connectivity index (χ4v) is 6.19. The lowest BCUT2D eigenvalue weighted by molar-refractivity contribution is 0.102. The second kappa shape index (κ2) is 15.1. The van der Waals surface area contributed by atoms with Crippen LogP contribution in [0.5, 0.6) is 0 Å². The third-order valence-corrected chi connectivity index (χ3v) is 7.98. The summed E-state index contributed by atoms with van der Waals surface area (Å²) in [6.45, 7) is 7.03. The van der Waals surface area contributed by atoms with Crippen LogP contribution in [0.15, 0.2) is 7.94 Å². The molecule has 190 valence electrons. The van der Waals surface area contributed by atoms with Gasteiger partial charge in [-0.1, -0.05) is 0 Å². The van der Waals surface area contributed by atoms with Gasteiger partial charge in [-0.3, -0.25) is 17.5 Å². The van der Waals surface area contributed by atoms with Crippen molar-refractivity contribution in [3.63, 3.8) is 0 Å². The molecule has 2 unspecified atom stereocenters. The zero-order valence-corrected chi connectivity index (χ0v) is 22.1. The normalized spacial score (nSPS) is 15.8. The average molecular weight is 601 g/mol. The molecule has 0 aliphatic carbocycles. The Hall–Kier alpha value is -1.00. The Balaban J connectivity index is 1.54. The van der Waals surface area contributed by atoms with E-state index in [-0.39, 0.29) is 29.6 Å². The van der Waals surface area contributed by atoms with Crippen LogP contribution in [0.25, 0.3) is 0 Å². The van der Waals surface area contributed by atoms with Crippen molar-refractivity contribution >= 4 is 46.3 Å². The van der Waals surface area contributed by atoms with Crippen molar-refractivity contribution < 1.29 is 14.2 Å². The van der Waals surface area contributed by atoms with Gasteiger partial charge in [0.05, 0.1) is 12.6 Å². The number of anilines is 2. The van der Waals surface area contributed by atoms with Crippen LogP contribution < -0.4 is 35.9 Å². The zero-order valence-electron chi connectivity index (χ0n) is 19.1. The summed E-state index contributed by atoms with van der Waals surface area (Å²) in [5.74, 6) is 0.479. The summed E-state index contributed by atoms with van der Waals surface area (Å²) in [5, 5.41) is 9.38. The Morgan fingerprint density at radius 1 is 1.18 bits per heavy atom. The van der Waals surface area contributed by atoms with Gasteiger partial charge >= 0.3 is 0 Å². The Labute approximate surface area is 204 Å². The molecule has 2 heterocycles. The van der Waals surface area contributed by atoms with Crippen molar-refractivity contribution in [2.75, 3.05) is 61.0 Å². The van der Waals surface area contributed by atoms with Crippen LogP contribution in [0, 0.1) is 0 Å². The van der Waals surface area contributed by atoms with Gasteiger partial charge in [0.15, 0.2) is 11.5 Å². The Kier molecular flexibility index (Phi) is 12.9. The molecule has 2 rings (SSSR count). The molecular formula is C18H37IN9O4P. The van der Waals surface area contributed by atoms with Crippen molar-refractivity contribution in [3.8, 4) is 0 Å². The van der Waals surface area contributed by atoms with Gasteiger partial charge in [-0.15, -0.1) is 0 Å². The number of ether oxygens (including phenoxy) is 1. The minimum absolute atomic E-state index is 0.0345. The van der Waals surface area contributed by atoms with E-state index >= 15 is 0 Å². The highest BCUT2D eigenvalue weighted by molar-refractivity contribution is 14.2. The molecule has 0 spiro atoms. The molecule has 1 aromatic heterocycles. The summed E-state index contributed by atoms with van der Waals surface area (Å²) in [6.07, 6.45) is 3.30. The van der Waals surface area contributed by atoms with E-state index in [0.717, 1.165) is 58.4 Å². The molecule has 2 atom stereocenters. The molecule has 1 aliphatic rings. The molecule has 0 radical (unpaired) electrons. The van der Waals surface area contributed by atoms with E-state index in [9.17, 15) is 14.3 Å². The fourth-order valence-electron chi connectivity index (χ4n) is 2.95. The first-order valence-corrected chi connectivity index (χ1v) is 14.9. The minimum Gasteiger partial charge on any atom is -0.369 e. The number of nitrogens with zero attached hydrogens (tertiary/aromatic N) is 3. The van der Waals surface area contributed by atoms with Crippen LogP contribution in [-0.2, 0) is 9.30 Å². The largest absolute Gasteiger partial charge is 0.369 e. The Morgan fingerprint density at radius 2 is 1.85 bits per heavy atom. The number of nitrogens with one attached hydrogen (secondary N) is 4. The van der Waals surface area contributed by atoms with Gasteiger partial charge in [-0.25, -0.2) is 5.09 Å². The number of aromatic amines is 1. The maximum absolute atomic E-state index is 12.3. The molecular weight excluding hydrogens is 564 g/mol. The molecule has 0 amide bonds. The van der Waals surface area contributed by atoms with Crippen molar-refractivity contribution in [1.82, 2.24) is 25.7 Å². The molecule has 0 saturated carbocycles. The molecule has 1 aliphatic heterocycles. The van der Waals surface area contributed by atoms with Gasteiger partial charge in [0.25, 0.3) is 13.1 Å². The lowest BCUT2D eigenvalue weighted by Crippen LogP contribution is -2.28. The van der Waals surface area contributed by atoms with Crippen molar-refractivity contribution in [2.45, 2.75) is 38.7 Å². The first kappa shape index (κ1) is 28.2. The number of hydrogen-bond donors (Lipinski definition) is 7. The number of aromatic nitrogens is 2. The van der Waals surface area contributed by atoms with Gasteiger partial charge in [0, 0.05) is 6.54 Å². The van der Waals surface area contributed by atoms with Gasteiger partial charge in [-0.2, -0.15) is 8.13 Å². The molecule has 0 bridgehead atoms. The highest BCUT2D eigenvalue weighted by atomic mass is 127. The smallest absolute Gasteiger partial charge is 0.292 e. The highest BCUT2D eigenvalue weighted by Crippen LogP contribution is 2.39. The van der Waals surface area contributed by atoms with E-state index in [1.165, 1.54) is 0 Å². The zero-order chi connectivity index (χ0) is 24.1. The monoisotopic (exact) mass is 601 g/mol. The van der Waals surface area contributed by atoms with Gasteiger partial charge in [-0.05, 0) is 65.3 Å². The molecule has 9 N–H and O–H groups in total. The first-order valence-electron chi connectivity index (χ1n) is 11.1. The van der Waals surface area contributed by atoms with Crippen LogP contribution in [0.3, 0.4) is 0 Å². The second-order valence-electron chi connectivity index (χ2n) is 7.75. The van der Waals surface area contributed by atoms with E-state index in [0.29, 0.717) is 18.9 Å². The average Bonchev–Trinajstić information content (AvgIpc) is 3.16. The lowest BCUT2D eigenvalue weighted by atomic mass is 10.3. The molecule has 33 heavy (non-hydrogen) atoms. The van der Waals surface area contributed by atoms with Crippen LogP contribution in [0.4, 0.5) is 17.5 Å². The minimum atomic E-state index is -3.59. The Morgan fingerprint density at radius 3 is 2.55 bits per heavy atom. The second-order valence-corrected chi connectivity index (χ2v) is 11.8. The number of fused-ring (bicyclic) bond motifs is 1. The van der Waals surface area contributed by atoms with Gasteiger partial charge in [0.2, 0.25) is 5.95 Å². The summed E-state index contributed by atoms with van der Waals surface area (Å²) < 4.78 is 24.0. The molecule has 0 saturated heterocycles. The summed E-state index contributed by atoms with van der Waals surface area (Å²) in [5.41, 5.74) is 11.0. The number of H-pyrrole nitrogens is 1. The maximum atomic E-state index is 12.3. The maximum Gasteiger partial charge on any atom is 0.292 e. The van der Waals surface area contributed by atoms with Gasteiger partial charge < -0.3 is 31.7 Å². The Bertz CT molecular complexity index is 857. The third-order valence-electron chi connectivity index (χ3n) is 4.69. The standard InChI is InChI=1S/C18H37IN9O4P/c1-14(12-28-16-15(27-19-28)17(29)26-18(21)25-16)32-13-33(30,31)24-11-5-10-23-8-3-2-7-22-9-4-6-20/h14,22-23H,2-13,20H2,1H3,(H2,24,30,31)(H3,21,25,26,29). The number of hydrogen-bond acceptors (Lipinski definition) is 10. The van der Waals surface area contributed by atoms with Crippen molar-refractivity contribution in [1.29, 1.82) is 0 Å².